The Balaban J connectivity index is 0.00000225. The average molecular weight is 375 g/mol. The molecule has 3 rings (SSSR count). The summed E-state index contributed by atoms with van der Waals surface area (Å²) in [6, 6.07) is 6.84. The molecule has 136 valence electrons. The number of carbonyl (C=O) groups is 1. The molecule has 1 aromatic heterocycles. The van der Waals surface area contributed by atoms with Gasteiger partial charge in [-0.15, -0.1) is 12.4 Å². The summed E-state index contributed by atoms with van der Waals surface area (Å²) in [6.45, 7) is 0. The third-order valence-corrected chi connectivity index (χ3v) is 4.22. The molecule has 0 spiro atoms. The molecule has 1 aromatic carbocycles. The van der Waals surface area contributed by atoms with Crippen molar-refractivity contribution >= 4 is 24.0 Å². The third kappa shape index (κ3) is 4.13. The van der Waals surface area contributed by atoms with Gasteiger partial charge in [-0.2, -0.15) is 18.3 Å². The summed E-state index contributed by atoms with van der Waals surface area (Å²) in [4.78, 5) is 12.2. The molecular formula is C16H18ClF3N4O. The van der Waals surface area contributed by atoms with E-state index in [0.717, 1.165) is 36.2 Å². The van der Waals surface area contributed by atoms with Gasteiger partial charge in [-0.05, 0) is 43.2 Å². The number of benzene rings is 1. The van der Waals surface area contributed by atoms with Crippen LogP contribution in [-0.2, 0) is 11.0 Å². The maximum Gasteiger partial charge on any atom is 0.433 e. The summed E-state index contributed by atoms with van der Waals surface area (Å²) in [5.41, 5.74) is 5.83. The van der Waals surface area contributed by atoms with Gasteiger partial charge in [-0.25, -0.2) is 4.68 Å². The number of nitrogens with two attached hydrogens (primary N) is 1. The molecule has 1 fully saturated rings. The molecule has 2 unspecified atom stereocenters. The van der Waals surface area contributed by atoms with Crippen molar-refractivity contribution in [2.75, 3.05) is 5.32 Å². The van der Waals surface area contributed by atoms with Crippen LogP contribution in [0.25, 0.3) is 5.69 Å². The molecule has 5 nitrogen and oxygen atoms in total. The minimum Gasteiger partial charge on any atom is -0.327 e. The number of aromatic nitrogens is 2. The highest BCUT2D eigenvalue weighted by Crippen LogP contribution is 2.31. The largest absolute Gasteiger partial charge is 0.433 e. The summed E-state index contributed by atoms with van der Waals surface area (Å²) >= 11 is 0. The first kappa shape index (κ1) is 19.3. The van der Waals surface area contributed by atoms with Crippen LogP contribution in [0.2, 0.25) is 0 Å². The van der Waals surface area contributed by atoms with Crippen LogP contribution in [0, 0.1) is 5.92 Å². The van der Waals surface area contributed by atoms with E-state index in [1.54, 1.807) is 12.1 Å². The van der Waals surface area contributed by atoms with Crippen LogP contribution in [0.3, 0.4) is 0 Å². The highest BCUT2D eigenvalue weighted by Gasteiger charge is 2.35. The fourth-order valence-electron chi connectivity index (χ4n) is 2.96. The predicted molar refractivity (Wildman–Crippen MR) is 89.8 cm³/mol. The molecule has 1 saturated carbocycles. The Bertz CT molecular complexity index is 730. The number of anilines is 1. The smallest absolute Gasteiger partial charge is 0.327 e. The van der Waals surface area contributed by atoms with Crippen molar-refractivity contribution < 1.29 is 18.0 Å². The lowest BCUT2D eigenvalue weighted by atomic mass is 10.0. The van der Waals surface area contributed by atoms with E-state index in [-0.39, 0.29) is 36.0 Å². The first-order valence-corrected chi connectivity index (χ1v) is 7.64. The molecular weight excluding hydrogens is 357 g/mol. The topological polar surface area (TPSA) is 72.9 Å². The van der Waals surface area contributed by atoms with Gasteiger partial charge in [-0.3, -0.25) is 4.79 Å². The molecule has 1 aliphatic carbocycles. The fourth-order valence-corrected chi connectivity index (χ4v) is 2.96. The van der Waals surface area contributed by atoms with Crippen molar-refractivity contribution in [3.05, 3.63) is 42.2 Å². The number of nitrogens with zero attached hydrogens (tertiary/aromatic N) is 2. The van der Waals surface area contributed by atoms with Crippen molar-refractivity contribution in [3.63, 3.8) is 0 Å². The molecule has 0 radical (unpaired) electrons. The first-order chi connectivity index (χ1) is 11.4. The third-order valence-electron chi connectivity index (χ3n) is 4.22. The van der Waals surface area contributed by atoms with Gasteiger partial charge in [0.1, 0.15) is 5.69 Å². The summed E-state index contributed by atoms with van der Waals surface area (Å²) in [6.07, 6.45) is -0.871. The molecule has 3 N–H and O–H groups in total. The summed E-state index contributed by atoms with van der Waals surface area (Å²) in [7, 11) is 0. The number of nitrogens with one attached hydrogen (secondary N) is 1. The van der Waals surface area contributed by atoms with Crippen LogP contribution in [0.4, 0.5) is 18.9 Å². The van der Waals surface area contributed by atoms with Gasteiger partial charge in [0.15, 0.2) is 0 Å². The van der Waals surface area contributed by atoms with Gasteiger partial charge in [0.25, 0.3) is 0 Å². The van der Waals surface area contributed by atoms with Crippen LogP contribution in [0.5, 0.6) is 0 Å². The predicted octanol–water partition coefficient (Wildman–Crippen LogP) is 3.38. The quantitative estimate of drug-likeness (QED) is 0.865. The lowest BCUT2D eigenvalue weighted by molar-refractivity contribution is -0.142. The Hall–Kier alpha value is -2.06. The zero-order valence-electron chi connectivity index (χ0n) is 13.2. The SMILES string of the molecule is Cl.NC1CCCC1C(=O)Nc1ccc(-n2nccc2C(F)(F)F)cc1. The summed E-state index contributed by atoms with van der Waals surface area (Å²) in [5, 5.41) is 6.47. The highest BCUT2D eigenvalue weighted by molar-refractivity contribution is 5.93. The highest BCUT2D eigenvalue weighted by atomic mass is 35.5. The lowest BCUT2D eigenvalue weighted by Gasteiger charge is -2.15. The van der Waals surface area contributed by atoms with Crippen molar-refractivity contribution in [1.82, 2.24) is 9.78 Å². The zero-order valence-corrected chi connectivity index (χ0v) is 14.0. The minimum absolute atomic E-state index is 0. The number of rotatable bonds is 3. The standard InChI is InChI=1S/C16H17F3N4O.ClH/c17-16(18,19)14-8-9-21-23(14)11-6-4-10(5-7-11)22-15(24)12-2-1-3-13(12)20;/h4-9,12-13H,1-3,20H2,(H,22,24);1H. The lowest BCUT2D eigenvalue weighted by Crippen LogP contribution is -2.34. The van der Waals surface area contributed by atoms with E-state index in [2.05, 4.69) is 10.4 Å². The van der Waals surface area contributed by atoms with E-state index in [1.165, 1.54) is 12.1 Å². The van der Waals surface area contributed by atoms with Crippen molar-refractivity contribution in [1.29, 1.82) is 0 Å². The average Bonchev–Trinajstić information content (AvgIpc) is 3.16. The maximum absolute atomic E-state index is 12.9. The van der Waals surface area contributed by atoms with E-state index < -0.39 is 11.9 Å². The molecule has 2 atom stereocenters. The molecule has 9 heteroatoms. The maximum atomic E-state index is 12.9. The number of hydrogen-bond acceptors (Lipinski definition) is 3. The zero-order chi connectivity index (χ0) is 17.3. The van der Waals surface area contributed by atoms with Crippen LogP contribution < -0.4 is 11.1 Å². The van der Waals surface area contributed by atoms with E-state index >= 15 is 0 Å². The Morgan fingerprint density at radius 3 is 2.44 bits per heavy atom. The molecule has 1 aliphatic rings. The van der Waals surface area contributed by atoms with Crippen LogP contribution in [0.1, 0.15) is 25.0 Å². The number of hydrogen-bond donors (Lipinski definition) is 2. The Morgan fingerprint density at radius 2 is 1.88 bits per heavy atom. The van der Waals surface area contributed by atoms with Crippen LogP contribution >= 0.6 is 12.4 Å². The van der Waals surface area contributed by atoms with E-state index in [0.29, 0.717) is 5.69 Å². The molecule has 1 heterocycles. The van der Waals surface area contributed by atoms with Crippen molar-refractivity contribution in [2.45, 2.75) is 31.5 Å². The molecule has 0 bridgehead atoms. The molecule has 1 amide bonds. The van der Waals surface area contributed by atoms with E-state index in [4.69, 9.17) is 5.73 Å². The van der Waals surface area contributed by atoms with Gasteiger partial charge in [0.2, 0.25) is 5.91 Å². The normalized spacial score (nSPS) is 20.2. The Labute approximate surface area is 148 Å². The second-order valence-corrected chi connectivity index (χ2v) is 5.86. The minimum atomic E-state index is -4.48. The van der Waals surface area contributed by atoms with E-state index in [1.807, 2.05) is 0 Å². The van der Waals surface area contributed by atoms with Gasteiger partial charge >= 0.3 is 6.18 Å². The monoisotopic (exact) mass is 374 g/mol. The van der Waals surface area contributed by atoms with Crippen LogP contribution in [-0.4, -0.2) is 21.7 Å². The van der Waals surface area contributed by atoms with Crippen LogP contribution in [0.15, 0.2) is 36.5 Å². The molecule has 0 aliphatic heterocycles. The summed E-state index contributed by atoms with van der Waals surface area (Å²) < 4.78 is 39.5. The number of carbonyl (C=O) groups excluding carboxylic acids is 1. The van der Waals surface area contributed by atoms with Crippen molar-refractivity contribution in [2.24, 2.45) is 11.7 Å². The molecule has 25 heavy (non-hydrogen) atoms. The molecule has 2 aromatic rings. The fraction of sp³-hybridized carbons (Fsp3) is 0.375. The number of amides is 1. The van der Waals surface area contributed by atoms with Gasteiger partial charge < -0.3 is 11.1 Å². The van der Waals surface area contributed by atoms with Gasteiger partial charge in [0, 0.05) is 11.7 Å². The summed E-state index contributed by atoms with van der Waals surface area (Å²) in [5.74, 6) is -0.365. The number of halogens is 4. The Morgan fingerprint density at radius 1 is 1.20 bits per heavy atom. The van der Waals surface area contributed by atoms with E-state index in [9.17, 15) is 18.0 Å². The van der Waals surface area contributed by atoms with Crippen molar-refractivity contribution in [3.8, 4) is 5.69 Å². The van der Waals surface area contributed by atoms with Gasteiger partial charge in [-0.1, -0.05) is 6.42 Å². The molecule has 0 saturated heterocycles. The first-order valence-electron chi connectivity index (χ1n) is 7.64. The Kier molecular flexibility index (Phi) is 5.74. The number of alkyl halides is 3. The van der Waals surface area contributed by atoms with Gasteiger partial charge in [0.05, 0.1) is 17.8 Å². The second-order valence-electron chi connectivity index (χ2n) is 5.86. The second kappa shape index (κ2) is 7.45.